The molecular weight excluding hydrogens is 216 g/mol. The molecule has 0 saturated heterocycles. The molecule has 0 aromatic carbocycles. The van der Waals surface area contributed by atoms with Gasteiger partial charge < -0.3 is 10.2 Å². The van der Waals surface area contributed by atoms with Gasteiger partial charge in [-0.25, -0.2) is 0 Å². The van der Waals surface area contributed by atoms with E-state index in [4.69, 9.17) is 0 Å². The second-order valence-electron chi connectivity index (χ2n) is 6.79. The molecule has 2 aliphatic rings. The van der Waals surface area contributed by atoms with E-state index in [1.165, 1.54) is 0 Å². The first-order valence-electron chi connectivity index (χ1n) is 6.77. The molecule has 3 nitrogen and oxygen atoms in total. The zero-order valence-electron chi connectivity index (χ0n) is 11.0. The second-order valence-corrected chi connectivity index (χ2v) is 6.79. The van der Waals surface area contributed by atoms with E-state index in [1.54, 1.807) is 0 Å². The van der Waals surface area contributed by atoms with Gasteiger partial charge in [0.25, 0.3) is 0 Å². The fraction of sp³-hybridized carbons (Fsp3) is 0.929. The lowest BCUT2D eigenvalue weighted by molar-refractivity contribution is -0.178. The molecule has 0 atom stereocenters. The summed E-state index contributed by atoms with van der Waals surface area (Å²) in [5.41, 5.74) is -1.59. The minimum Gasteiger partial charge on any atom is -0.481 e. The third-order valence-corrected chi connectivity index (χ3v) is 5.19. The average Bonchev–Trinajstić information content (AvgIpc) is 2.66. The van der Waals surface area contributed by atoms with Crippen LogP contribution in [0.25, 0.3) is 0 Å². The number of hydrogen-bond donors (Lipinski definition) is 2. The smallest absolute Gasteiger partial charge is 0.312 e. The Morgan fingerprint density at radius 2 is 1.41 bits per heavy atom. The topological polar surface area (TPSA) is 57.5 Å². The van der Waals surface area contributed by atoms with Gasteiger partial charge in [0, 0.05) is 0 Å². The number of rotatable bonds is 2. The van der Waals surface area contributed by atoms with Crippen molar-refractivity contribution in [2.75, 3.05) is 0 Å². The van der Waals surface area contributed by atoms with E-state index in [-0.39, 0.29) is 5.41 Å². The average molecular weight is 240 g/mol. The first-order chi connectivity index (χ1) is 7.81. The van der Waals surface area contributed by atoms with Gasteiger partial charge in [0.05, 0.1) is 11.0 Å². The van der Waals surface area contributed by atoms with Gasteiger partial charge in [-0.2, -0.15) is 0 Å². The van der Waals surface area contributed by atoms with Crippen molar-refractivity contribution < 1.29 is 15.0 Å². The van der Waals surface area contributed by atoms with Crippen molar-refractivity contribution in [1.29, 1.82) is 0 Å². The summed E-state index contributed by atoms with van der Waals surface area (Å²) in [6.07, 6.45) is 6.34. The predicted octanol–water partition coefficient (Wildman–Crippen LogP) is 2.96. The molecular formula is C14H24O3. The van der Waals surface area contributed by atoms with Crippen molar-refractivity contribution in [3.05, 3.63) is 0 Å². The Kier molecular flexibility index (Phi) is 3.01. The number of carbonyl (C=O) groups is 1. The van der Waals surface area contributed by atoms with E-state index in [0.717, 1.165) is 25.7 Å². The molecule has 0 aliphatic heterocycles. The minimum atomic E-state index is -0.949. The summed E-state index contributed by atoms with van der Waals surface area (Å²) in [5.74, 6) is -0.780. The summed E-state index contributed by atoms with van der Waals surface area (Å²) in [6.45, 7) is 4.38. The SMILES string of the molecule is CC1(C)CCC(C(=O)O)(C2(O)CCCC2)CC1. The van der Waals surface area contributed by atoms with Crippen LogP contribution < -0.4 is 0 Å². The van der Waals surface area contributed by atoms with E-state index in [2.05, 4.69) is 13.8 Å². The molecule has 0 unspecified atom stereocenters. The largest absolute Gasteiger partial charge is 0.481 e. The van der Waals surface area contributed by atoms with Crippen LogP contribution in [0, 0.1) is 10.8 Å². The molecule has 3 heteroatoms. The molecule has 0 heterocycles. The Balaban J connectivity index is 2.26. The van der Waals surface area contributed by atoms with Crippen LogP contribution in [0.1, 0.15) is 65.2 Å². The van der Waals surface area contributed by atoms with Crippen LogP contribution in [0.4, 0.5) is 0 Å². The van der Waals surface area contributed by atoms with Crippen LogP contribution in [0.2, 0.25) is 0 Å². The van der Waals surface area contributed by atoms with Crippen molar-refractivity contribution in [2.24, 2.45) is 10.8 Å². The maximum absolute atomic E-state index is 11.7. The Labute approximate surface area is 103 Å². The summed E-state index contributed by atoms with van der Waals surface area (Å²) < 4.78 is 0. The summed E-state index contributed by atoms with van der Waals surface area (Å²) >= 11 is 0. The van der Waals surface area contributed by atoms with E-state index in [9.17, 15) is 15.0 Å². The quantitative estimate of drug-likeness (QED) is 0.780. The van der Waals surface area contributed by atoms with Crippen LogP contribution in [0.3, 0.4) is 0 Å². The molecule has 2 saturated carbocycles. The molecule has 0 aromatic rings. The Bertz CT molecular complexity index is 303. The molecule has 17 heavy (non-hydrogen) atoms. The molecule has 0 aromatic heterocycles. The van der Waals surface area contributed by atoms with E-state index < -0.39 is 17.0 Å². The van der Waals surface area contributed by atoms with Gasteiger partial charge in [-0.1, -0.05) is 26.7 Å². The van der Waals surface area contributed by atoms with Gasteiger partial charge in [-0.3, -0.25) is 4.79 Å². The van der Waals surface area contributed by atoms with Crippen LogP contribution in [-0.2, 0) is 4.79 Å². The zero-order valence-corrected chi connectivity index (χ0v) is 11.0. The normalized spacial score (nSPS) is 30.1. The molecule has 0 spiro atoms. The fourth-order valence-corrected chi connectivity index (χ4v) is 3.67. The molecule has 0 radical (unpaired) electrons. The monoisotopic (exact) mass is 240 g/mol. The second kappa shape index (κ2) is 3.98. The minimum absolute atomic E-state index is 0.230. The number of aliphatic carboxylic acids is 1. The number of hydrogen-bond acceptors (Lipinski definition) is 2. The van der Waals surface area contributed by atoms with Crippen LogP contribution in [0.5, 0.6) is 0 Å². The Morgan fingerprint density at radius 3 is 1.82 bits per heavy atom. The zero-order chi connectivity index (χ0) is 12.7. The maximum Gasteiger partial charge on any atom is 0.312 e. The van der Waals surface area contributed by atoms with Gasteiger partial charge in [0.1, 0.15) is 0 Å². The van der Waals surface area contributed by atoms with E-state index in [0.29, 0.717) is 25.7 Å². The third-order valence-electron chi connectivity index (χ3n) is 5.19. The van der Waals surface area contributed by atoms with Gasteiger partial charge in [-0.05, 0) is 43.9 Å². The van der Waals surface area contributed by atoms with E-state index in [1.807, 2.05) is 0 Å². The van der Waals surface area contributed by atoms with Crippen molar-refractivity contribution in [3.8, 4) is 0 Å². The molecule has 2 rings (SSSR count). The lowest BCUT2D eigenvalue weighted by Crippen LogP contribution is -2.54. The van der Waals surface area contributed by atoms with E-state index >= 15 is 0 Å². The summed E-state index contributed by atoms with van der Waals surface area (Å²) in [6, 6.07) is 0. The standard InChI is InChI=1S/C14H24O3/c1-12(2)7-9-13(10-8-12,11(15)16)14(17)5-3-4-6-14/h17H,3-10H2,1-2H3,(H,15,16). The molecule has 98 valence electrons. The number of carboxylic acids is 1. The Morgan fingerprint density at radius 1 is 0.941 bits per heavy atom. The highest BCUT2D eigenvalue weighted by Crippen LogP contribution is 2.55. The Hall–Kier alpha value is -0.570. The molecule has 2 fully saturated rings. The van der Waals surface area contributed by atoms with Gasteiger partial charge >= 0.3 is 5.97 Å². The molecule has 2 aliphatic carbocycles. The van der Waals surface area contributed by atoms with Gasteiger partial charge in [-0.15, -0.1) is 0 Å². The molecule has 2 N–H and O–H groups in total. The maximum atomic E-state index is 11.7. The molecule has 0 bridgehead atoms. The lowest BCUT2D eigenvalue weighted by atomic mass is 9.57. The third kappa shape index (κ3) is 1.99. The summed E-state index contributed by atoms with van der Waals surface area (Å²) in [5, 5.41) is 20.4. The fourth-order valence-electron chi connectivity index (χ4n) is 3.67. The predicted molar refractivity (Wildman–Crippen MR) is 65.7 cm³/mol. The highest BCUT2D eigenvalue weighted by molar-refractivity contribution is 5.76. The highest BCUT2D eigenvalue weighted by Gasteiger charge is 2.58. The summed E-state index contributed by atoms with van der Waals surface area (Å²) in [7, 11) is 0. The lowest BCUT2D eigenvalue weighted by Gasteiger charge is -2.48. The van der Waals surface area contributed by atoms with Crippen molar-refractivity contribution in [2.45, 2.75) is 70.8 Å². The number of carboxylic acid groups (broad SMARTS) is 1. The van der Waals surface area contributed by atoms with Crippen molar-refractivity contribution >= 4 is 5.97 Å². The molecule has 0 amide bonds. The van der Waals surface area contributed by atoms with Gasteiger partial charge in [0.2, 0.25) is 0 Å². The van der Waals surface area contributed by atoms with Crippen LogP contribution >= 0.6 is 0 Å². The van der Waals surface area contributed by atoms with Crippen molar-refractivity contribution in [1.82, 2.24) is 0 Å². The first kappa shape index (κ1) is 12.9. The van der Waals surface area contributed by atoms with Crippen LogP contribution in [-0.4, -0.2) is 21.8 Å². The summed E-state index contributed by atoms with van der Waals surface area (Å²) in [4.78, 5) is 11.7. The number of aliphatic hydroxyl groups is 1. The van der Waals surface area contributed by atoms with Crippen LogP contribution in [0.15, 0.2) is 0 Å². The van der Waals surface area contributed by atoms with Crippen molar-refractivity contribution in [3.63, 3.8) is 0 Å². The highest BCUT2D eigenvalue weighted by atomic mass is 16.4. The first-order valence-corrected chi connectivity index (χ1v) is 6.77. The van der Waals surface area contributed by atoms with Gasteiger partial charge in [0.15, 0.2) is 0 Å².